The minimum absolute atomic E-state index is 0.183. The average Bonchev–Trinajstić information content (AvgIpc) is 2.48. The van der Waals surface area contributed by atoms with Crippen LogP contribution in [0.15, 0.2) is 11.4 Å². The predicted octanol–water partition coefficient (Wildman–Crippen LogP) is 3.29. The summed E-state index contributed by atoms with van der Waals surface area (Å²) >= 11 is 1.56. The molecule has 0 aliphatic rings. The average molecular weight is 182 g/mol. The van der Waals surface area contributed by atoms with Crippen LogP contribution < -0.4 is 0 Å². The van der Waals surface area contributed by atoms with Gasteiger partial charge in [0.05, 0.1) is 4.88 Å². The zero-order valence-electron chi connectivity index (χ0n) is 7.59. The number of aryl methyl sites for hydroxylation is 1. The van der Waals surface area contributed by atoms with Crippen LogP contribution in [0.5, 0.6) is 0 Å². The fourth-order valence-corrected chi connectivity index (χ4v) is 1.92. The number of carbonyl (C=O) groups is 1. The van der Waals surface area contributed by atoms with Crippen molar-refractivity contribution in [1.82, 2.24) is 0 Å². The maximum atomic E-state index is 10.9. The number of thiophene rings is 1. The largest absolute Gasteiger partial charge is 0.294 e. The first-order valence-electron chi connectivity index (χ1n) is 4.32. The molecule has 0 aliphatic heterocycles. The van der Waals surface area contributed by atoms with Gasteiger partial charge in [0.15, 0.2) is 5.78 Å². The molecule has 0 fully saturated rings. The molecule has 1 aromatic heterocycles. The maximum absolute atomic E-state index is 10.9. The molecule has 12 heavy (non-hydrogen) atoms. The van der Waals surface area contributed by atoms with Crippen LogP contribution in [0.1, 0.15) is 41.9 Å². The summed E-state index contributed by atoms with van der Waals surface area (Å²) in [6.45, 7) is 3.80. The molecule has 0 aromatic carbocycles. The first kappa shape index (κ1) is 9.46. The van der Waals surface area contributed by atoms with Crippen molar-refractivity contribution in [3.63, 3.8) is 0 Å². The van der Waals surface area contributed by atoms with E-state index in [0.717, 1.165) is 11.3 Å². The van der Waals surface area contributed by atoms with Gasteiger partial charge in [-0.15, -0.1) is 11.3 Å². The molecule has 0 saturated heterocycles. The Kier molecular flexibility index (Phi) is 3.48. The van der Waals surface area contributed by atoms with Gasteiger partial charge in [-0.2, -0.15) is 0 Å². The van der Waals surface area contributed by atoms with Gasteiger partial charge in [0.25, 0.3) is 0 Å². The van der Waals surface area contributed by atoms with Gasteiger partial charge in [0.2, 0.25) is 0 Å². The lowest BCUT2D eigenvalue weighted by molar-refractivity contribution is 0.102. The van der Waals surface area contributed by atoms with Gasteiger partial charge in [-0.25, -0.2) is 0 Å². The number of rotatable bonds is 4. The van der Waals surface area contributed by atoms with E-state index in [-0.39, 0.29) is 5.78 Å². The fourth-order valence-electron chi connectivity index (χ4n) is 1.07. The Morgan fingerprint density at radius 2 is 2.33 bits per heavy atom. The molecule has 0 amide bonds. The Bertz CT molecular complexity index is 263. The maximum Gasteiger partial charge on any atom is 0.169 e. The molecule has 1 heterocycles. The van der Waals surface area contributed by atoms with Crippen LogP contribution in [0.3, 0.4) is 0 Å². The summed E-state index contributed by atoms with van der Waals surface area (Å²) in [4.78, 5) is 11.8. The number of Topliss-reactive ketones (excluding diaryl/α,β-unsaturated/α-hetero) is 1. The number of hydrogen-bond donors (Lipinski definition) is 0. The minimum Gasteiger partial charge on any atom is -0.294 e. The lowest BCUT2D eigenvalue weighted by atomic mass is 10.1. The predicted molar refractivity (Wildman–Crippen MR) is 52.9 cm³/mol. The Hall–Kier alpha value is -0.630. The molecule has 0 saturated carbocycles. The van der Waals surface area contributed by atoms with Gasteiger partial charge in [-0.1, -0.05) is 13.3 Å². The van der Waals surface area contributed by atoms with Gasteiger partial charge in [-0.05, 0) is 36.8 Å². The molecule has 66 valence electrons. The third kappa shape index (κ3) is 2.45. The fraction of sp³-hybridized carbons (Fsp3) is 0.500. The highest BCUT2D eigenvalue weighted by Gasteiger charge is 2.02. The molecule has 0 atom stereocenters. The lowest BCUT2D eigenvalue weighted by Gasteiger charge is -1.91. The summed E-state index contributed by atoms with van der Waals surface area (Å²) < 4.78 is 0. The van der Waals surface area contributed by atoms with Crippen molar-refractivity contribution in [2.45, 2.75) is 33.1 Å². The second kappa shape index (κ2) is 4.41. The van der Waals surface area contributed by atoms with E-state index >= 15 is 0 Å². The number of unbranched alkanes of at least 4 members (excludes halogenated alkanes) is 1. The van der Waals surface area contributed by atoms with Crippen molar-refractivity contribution in [3.8, 4) is 0 Å². The van der Waals surface area contributed by atoms with Crippen LogP contribution in [0.2, 0.25) is 0 Å². The van der Waals surface area contributed by atoms with Crippen LogP contribution in [-0.4, -0.2) is 5.78 Å². The third-order valence-electron chi connectivity index (χ3n) is 1.82. The van der Waals surface area contributed by atoms with E-state index in [4.69, 9.17) is 0 Å². The molecule has 0 radical (unpaired) electrons. The van der Waals surface area contributed by atoms with Crippen molar-refractivity contribution >= 4 is 17.1 Å². The second-order valence-corrected chi connectivity index (χ2v) is 3.89. The molecular formula is C10H14OS. The molecule has 0 spiro atoms. The molecule has 0 unspecified atom stereocenters. The van der Waals surface area contributed by atoms with Crippen molar-refractivity contribution in [2.24, 2.45) is 0 Å². The SMILES string of the molecule is CCCCc1csc(C(C)=O)c1. The van der Waals surface area contributed by atoms with Crippen molar-refractivity contribution in [3.05, 3.63) is 21.9 Å². The summed E-state index contributed by atoms with van der Waals surface area (Å²) in [5.41, 5.74) is 1.31. The smallest absolute Gasteiger partial charge is 0.169 e. The van der Waals surface area contributed by atoms with Gasteiger partial charge in [-0.3, -0.25) is 4.79 Å². The minimum atomic E-state index is 0.183. The van der Waals surface area contributed by atoms with Crippen molar-refractivity contribution in [1.29, 1.82) is 0 Å². The molecule has 2 heteroatoms. The Balaban J connectivity index is 2.58. The van der Waals surface area contributed by atoms with E-state index in [1.807, 2.05) is 6.07 Å². The highest BCUT2D eigenvalue weighted by molar-refractivity contribution is 7.12. The third-order valence-corrected chi connectivity index (χ3v) is 2.90. The zero-order valence-corrected chi connectivity index (χ0v) is 8.41. The van der Waals surface area contributed by atoms with Gasteiger partial charge >= 0.3 is 0 Å². The van der Waals surface area contributed by atoms with E-state index in [9.17, 15) is 4.79 Å². The summed E-state index contributed by atoms with van der Waals surface area (Å²) in [7, 11) is 0. The molecule has 0 N–H and O–H groups in total. The van der Waals surface area contributed by atoms with Gasteiger partial charge < -0.3 is 0 Å². The molecule has 0 bridgehead atoms. The van der Waals surface area contributed by atoms with Gasteiger partial charge in [0.1, 0.15) is 0 Å². The van der Waals surface area contributed by atoms with Gasteiger partial charge in [0, 0.05) is 0 Å². The zero-order chi connectivity index (χ0) is 8.97. The van der Waals surface area contributed by atoms with E-state index in [0.29, 0.717) is 0 Å². The first-order chi connectivity index (χ1) is 5.74. The summed E-state index contributed by atoms with van der Waals surface area (Å²) in [5, 5.41) is 2.09. The summed E-state index contributed by atoms with van der Waals surface area (Å²) in [5.74, 6) is 0.183. The Morgan fingerprint density at radius 3 is 2.83 bits per heavy atom. The molecule has 1 nitrogen and oxygen atoms in total. The second-order valence-electron chi connectivity index (χ2n) is 2.98. The topological polar surface area (TPSA) is 17.1 Å². The van der Waals surface area contributed by atoms with Crippen LogP contribution in [0, 0.1) is 0 Å². The van der Waals surface area contributed by atoms with Crippen molar-refractivity contribution in [2.75, 3.05) is 0 Å². The molecular weight excluding hydrogens is 168 g/mol. The van der Waals surface area contributed by atoms with E-state index in [1.54, 1.807) is 18.3 Å². The number of carbonyl (C=O) groups excluding carboxylic acids is 1. The number of hydrogen-bond acceptors (Lipinski definition) is 2. The summed E-state index contributed by atoms with van der Waals surface area (Å²) in [6.07, 6.45) is 3.54. The highest BCUT2D eigenvalue weighted by Crippen LogP contribution is 2.16. The van der Waals surface area contributed by atoms with Crippen LogP contribution in [-0.2, 0) is 6.42 Å². The normalized spacial score (nSPS) is 10.2. The molecule has 1 aromatic rings. The van der Waals surface area contributed by atoms with E-state index in [1.165, 1.54) is 18.4 Å². The van der Waals surface area contributed by atoms with Crippen LogP contribution in [0.4, 0.5) is 0 Å². The van der Waals surface area contributed by atoms with E-state index < -0.39 is 0 Å². The van der Waals surface area contributed by atoms with Crippen LogP contribution >= 0.6 is 11.3 Å². The standard InChI is InChI=1S/C10H14OS/c1-3-4-5-9-6-10(8(2)11)12-7-9/h6-7H,3-5H2,1-2H3. The Labute approximate surface area is 77.4 Å². The lowest BCUT2D eigenvalue weighted by Crippen LogP contribution is -1.85. The first-order valence-corrected chi connectivity index (χ1v) is 5.20. The Morgan fingerprint density at radius 1 is 1.58 bits per heavy atom. The monoisotopic (exact) mass is 182 g/mol. The highest BCUT2D eigenvalue weighted by atomic mass is 32.1. The summed E-state index contributed by atoms with van der Waals surface area (Å²) in [6, 6.07) is 2.02. The van der Waals surface area contributed by atoms with Crippen LogP contribution in [0.25, 0.3) is 0 Å². The van der Waals surface area contributed by atoms with E-state index in [2.05, 4.69) is 12.3 Å². The van der Waals surface area contributed by atoms with Crippen molar-refractivity contribution < 1.29 is 4.79 Å². The number of ketones is 1. The quantitative estimate of drug-likeness (QED) is 0.653. The molecule has 0 aliphatic carbocycles. The molecule has 1 rings (SSSR count).